The highest BCUT2D eigenvalue weighted by Gasteiger charge is 2.44. The van der Waals surface area contributed by atoms with Gasteiger partial charge < -0.3 is 46.7 Å². The molecule has 1 aromatic carbocycles. The molecule has 0 radical (unpaired) electrons. The van der Waals surface area contributed by atoms with E-state index < -0.39 is 108 Å². The van der Waals surface area contributed by atoms with Gasteiger partial charge in [0.1, 0.15) is 35.8 Å². The molecule has 17 nitrogen and oxygen atoms in total. The zero-order valence-electron chi connectivity index (χ0n) is 34.9. The topological polar surface area (TPSA) is 256 Å². The summed E-state index contributed by atoms with van der Waals surface area (Å²) >= 11 is 0. The minimum absolute atomic E-state index is 0.109. The van der Waals surface area contributed by atoms with Crippen LogP contribution in [0.5, 0.6) is 0 Å². The zero-order chi connectivity index (χ0) is 43.4. The van der Waals surface area contributed by atoms with Gasteiger partial charge in [-0.15, -0.1) is 0 Å². The number of aliphatic hydroxyl groups excluding tert-OH is 2. The molecule has 1 aliphatic carbocycles. The molecule has 0 spiro atoms. The van der Waals surface area contributed by atoms with Crippen LogP contribution in [-0.2, 0) is 44.7 Å². The Bertz CT molecular complexity index is 1550. The number of rotatable bonds is 18. The Morgan fingerprint density at radius 2 is 1.44 bits per heavy atom. The van der Waals surface area contributed by atoms with Crippen molar-refractivity contribution in [2.45, 2.75) is 136 Å². The number of nitrogens with one attached hydrogen (secondary N) is 4. The first-order valence-corrected chi connectivity index (χ1v) is 19.5. The lowest BCUT2D eigenvalue weighted by atomic mass is 9.84. The van der Waals surface area contributed by atoms with Gasteiger partial charge in [-0.2, -0.15) is 0 Å². The van der Waals surface area contributed by atoms with Gasteiger partial charge in [-0.05, 0) is 77.2 Å². The highest BCUT2D eigenvalue weighted by Crippen LogP contribution is 2.36. The molecule has 0 heterocycles. The van der Waals surface area contributed by atoms with E-state index >= 15 is 0 Å². The van der Waals surface area contributed by atoms with E-state index in [0.717, 1.165) is 5.56 Å². The molecule has 8 N–H and O–H groups in total. The van der Waals surface area contributed by atoms with Crippen LogP contribution >= 0.6 is 0 Å². The quantitative estimate of drug-likeness (QED) is 0.102. The minimum atomic E-state index is -1.52. The molecular weight excluding hydrogens is 740 g/mol. The number of carbonyl (C=O) groups is 7. The van der Waals surface area contributed by atoms with Crippen LogP contribution in [0.25, 0.3) is 0 Å². The predicted molar refractivity (Wildman–Crippen MR) is 210 cm³/mol. The number of benzene rings is 1. The van der Waals surface area contributed by atoms with E-state index in [2.05, 4.69) is 21.3 Å². The van der Waals surface area contributed by atoms with Crippen LogP contribution in [0.1, 0.15) is 87.1 Å². The summed E-state index contributed by atoms with van der Waals surface area (Å²) in [6, 6.07) is 1.81. The standard InChI is InChI=1S/C40H64N6O11/c1-21(2)30(36(52)45-31(22(3)4)38(54)56-10)44-34(50)27-18-14-17-26(27)32(48)29(19-25-15-12-11-13-16-25)43-33(49)24(6)46(39(55)57-40(7,8)9)37(53)23(5)42-35(51)28(41)20-47/h11-13,15-16,21-24,26-32,47-48H,14,17-20,41H2,1-10H3,(H,42,51)(H,43,49)(H,44,50)(H,45,52)/t23-,24-,26?,27?,28-,29-,30+,31?,32?/m0/s1. The van der Waals surface area contributed by atoms with Crippen LogP contribution < -0.4 is 27.0 Å². The molecule has 9 atom stereocenters. The van der Waals surface area contributed by atoms with Crippen molar-refractivity contribution in [3.8, 4) is 0 Å². The normalized spacial score (nSPS) is 19.2. The average molecular weight is 805 g/mol. The monoisotopic (exact) mass is 804 g/mol. The largest absolute Gasteiger partial charge is 0.467 e. The van der Waals surface area contributed by atoms with Crippen molar-refractivity contribution in [1.82, 2.24) is 26.2 Å². The van der Waals surface area contributed by atoms with Gasteiger partial charge in [0.25, 0.3) is 5.91 Å². The number of aliphatic hydroxyl groups is 2. The van der Waals surface area contributed by atoms with Crippen LogP contribution in [0.15, 0.2) is 30.3 Å². The maximum atomic E-state index is 14.1. The third-order valence-corrected chi connectivity index (χ3v) is 9.91. The van der Waals surface area contributed by atoms with Gasteiger partial charge in [0.2, 0.25) is 23.6 Å². The SMILES string of the molecule is COC(=O)C(NC(=O)[C@H](NC(=O)C1CCCC1C(O)[C@H](Cc1ccccc1)NC(=O)[C@H](C)N(C(=O)OC(C)(C)C)C(=O)[C@H](C)NC(=O)[C@@H](N)CO)C(C)C)C(C)C. The summed E-state index contributed by atoms with van der Waals surface area (Å²) in [5, 5.41) is 32.0. The van der Waals surface area contributed by atoms with Gasteiger partial charge in [-0.3, -0.25) is 24.0 Å². The van der Waals surface area contributed by atoms with Crippen molar-refractivity contribution < 1.29 is 53.2 Å². The van der Waals surface area contributed by atoms with Crippen molar-refractivity contribution in [3.63, 3.8) is 0 Å². The van der Waals surface area contributed by atoms with Gasteiger partial charge in [0.05, 0.1) is 25.9 Å². The molecule has 0 aliphatic heterocycles. The van der Waals surface area contributed by atoms with Crippen LogP contribution in [0.2, 0.25) is 0 Å². The Morgan fingerprint density at radius 3 is 1.96 bits per heavy atom. The van der Waals surface area contributed by atoms with Crippen molar-refractivity contribution >= 4 is 41.6 Å². The molecule has 1 aliphatic rings. The van der Waals surface area contributed by atoms with Crippen LogP contribution in [0, 0.1) is 23.7 Å². The average Bonchev–Trinajstić information content (AvgIpc) is 3.64. The second-order valence-electron chi connectivity index (χ2n) is 16.4. The number of nitrogens with two attached hydrogens (primary N) is 1. The molecule has 1 fully saturated rings. The fraction of sp³-hybridized carbons (Fsp3) is 0.675. The number of hydrogen-bond donors (Lipinski definition) is 7. The summed E-state index contributed by atoms with van der Waals surface area (Å²) in [6.07, 6.45) is -0.975. The third kappa shape index (κ3) is 14.1. The Morgan fingerprint density at radius 1 is 0.842 bits per heavy atom. The fourth-order valence-electron chi connectivity index (χ4n) is 6.65. The summed E-state index contributed by atoms with van der Waals surface area (Å²) in [4.78, 5) is 93.9. The third-order valence-electron chi connectivity index (χ3n) is 9.91. The van der Waals surface area contributed by atoms with E-state index in [9.17, 15) is 43.8 Å². The Labute approximate surface area is 335 Å². The Kier molecular flexibility index (Phi) is 18.6. The second kappa shape index (κ2) is 21.8. The number of carbonyl (C=O) groups excluding carboxylic acids is 7. The lowest BCUT2D eigenvalue weighted by Gasteiger charge is -2.35. The predicted octanol–water partition coefficient (Wildman–Crippen LogP) is 0.922. The molecule has 1 aromatic rings. The molecule has 6 amide bonds. The highest BCUT2D eigenvalue weighted by molar-refractivity contribution is 6.01. The smallest absolute Gasteiger partial charge is 0.417 e. The van der Waals surface area contributed by atoms with Crippen LogP contribution in [0.3, 0.4) is 0 Å². The maximum absolute atomic E-state index is 14.1. The summed E-state index contributed by atoms with van der Waals surface area (Å²) in [5.41, 5.74) is 5.25. The molecule has 2 rings (SSSR count). The summed E-state index contributed by atoms with van der Waals surface area (Å²) in [6.45, 7) is 13.6. The van der Waals surface area contributed by atoms with Gasteiger partial charge in [0.15, 0.2) is 0 Å². The fourth-order valence-corrected chi connectivity index (χ4v) is 6.65. The van der Waals surface area contributed by atoms with Crippen molar-refractivity contribution in [3.05, 3.63) is 35.9 Å². The van der Waals surface area contributed by atoms with E-state index in [1.165, 1.54) is 21.0 Å². The van der Waals surface area contributed by atoms with Gasteiger partial charge >= 0.3 is 12.1 Å². The first-order chi connectivity index (χ1) is 26.5. The van der Waals surface area contributed by atoms with E-state index in [1.807, 2.05) is 0 Å². The number of ether oxygens (including phenoxy) is 2. The number of hydrogen-bond acceptors (Lipinski definition) is 12. The first kappa shape index (κ1) is 48.5. The lowest BCUT2D eigenvalue weighted by Crippen LogP contribution is -2.60. The number of nitrogens with zero attached hydrogens (tertiary/aromatic N) is 1. The number of amides is 6. The maximum Gasteiger partial charge on any atom is 0.417 e. The Hall–Kier alpha value is -4.61. The zero-order valence-corrected chi connectivity index (χ0v) is 34.9. The highest BCUT2D eigenvalue weighted by atomic mass is 16.6. The molecule has 57 heavy (non-hydrogen) atoms. The number of methoxy groups -OCH3 is 1. The number of esters is 1. The number of imide groups is 1. The van der Waals surface area contributed by atoms with E-state index in [-0.39, 0.29) is 18.3 Å². The van der Waals surface area contributed by atoms with Gasteiger partial charge in [-0.25, -0.2) is 14.5 Å². The Balaban J connectivity index is 2.42. The summed E-state index contributed by atoms with van der Waals surface area (Å²) in [5.74, 6) is -6.40. The van der Waals surface area contributed by atoms with E-state index in [0.29, 0.717) is 24.2 Å². The van der Waals surface area contributed by atoms with Crippen LogP contribution in [-0.4, -0.2) is 118 Å². The van der Waals surface area contributed by atoms with Crippen molar-refractivity contribution in [2.75, 3.05) is 13.7 Å². The molecule has 320 valence electrons. The molecule has 0 aromatic heterocycles. The first-order valence-electron chi connectivity index (χ1n) is 19.5. The molecule has 0 bridgehead atoms. The van der Waals surface area contributed by atoms with Crippen molar-refractivity contribution in [2.24, 2.45) is 29.4 Å². The molecule has 17 heteroatoms. The molecular formula is C40H64N6O11. The van der Waals surface area contributed by atoms with E-state index in [1.54, 1.807) is 78.8 Å². The van der Waals surface area contributed by atoms with Gasteiger partial charge in [0, 0.05) is 5.92 Å². The second-order valence-corrected chi connectivity index (χ2v) is 16.4. The van der Waals surface area contributed by atoms with Gasteiger partial charge in [-0.1, -0.05) is 64.4 Å². The van der Waals surface area contributed by atoms with Crippen LogP contribution in [0.4, 0.5) is 4.79 Å². The summed E-state index contributed by atoms with van der Waals surface area (Å²) < 4.78 is 10.3. The summed E-state index contributed by atoms with van der Waals surface area (Å²) in [7, 11) is 1.22. The minimum Gasteiger partial charge on any atom is -0.467 e. The van der Waals surface area contributed by atoms with E-state index in [4.69, 9.17) is 15.2 Å². The van der Waals surface area contributed by atoms with Crippen molar-refractivity contribution in [1.29, 1.82) is 0 Å². The lowest BCUT2D eigenvalue weighted by molar-refractivity contribution is -0.147. The molecule has 0 saturated heterocycles. The molecule has 4 unspecified atom stereocenters. The molecule has 1 saturated carbocycles.